The second-order valence-electron chi connectivity index (χ2n) is 5.43. The van der Waals surface area contributed by atoms with Crippen LogP contribution in [0.5, 0.6) is 0 Å². The van der Waals surface area contributed by atoms with Crippen molar-refractivity contribution in [2.75, 3.05) is 5.75 Å². The molecule has 0 aliphatic heterocycles. The summed E-state index contributed by atoms with van der Waals surface area (Å²) >= 11 is 1.64. The number of nitrogens with one attached hydrogen (secondary N) is 1. The quantitative estimate of drug-likeness (QED) is 0.799. The number of amides is 1. The summed E-state index contributed by atoms with van der Waals surface area (Å²) < 4.78 is 0.114. The number of carbonyl (C=O) groups is 1. The molecule has 1 amide bonds. The Morgan fingerprint density at radius 2 is 2.00 bits per heavy atom. The van der Waals surface area contributed by atoms with Gasteiger partial charge in [0.1, 0.15) is 0 Å². The normalized spacial score (nSPS) is 26.5. The average Bonchev–Trinajstić information content (AvgIpc) is 2.18. The fraction of sp³-hybridized carbons (Fsp3) is 0.917. The predicted molar refractivity (Wildman–Crippen MR) is 68.6 cm³/mol. The maximum Gasteiger partial charge on any atom is 0.230 e. The Labute approximate surface area is 102 Å². The highest BCUT2D eigenvalue weighted by molar-refractivity contribution is 8.01. The molecule has 0 bridgehead atoms. The molecule has 1 fully saturated rings. The lowest BCUT2D eigenvalue weighted by Crippen LogP contribution is -2.45. The van der Waals surface area contributed by atoms with Crippen molar-refractivity contribution < 1.29 is 9.90 Å². The van der Waals surface area contributed by atoms with Crippen molar-refractivity contribution in [1.29, 1.82) is 0 Å². The number of rotatable bonds is 3. The van der Waals surface area contributed by atoms with Crippen molar-refractivity contribution >= 4 is 17.7 Å². The summed E-state index contributed by atoms with van der Waals surface area (Å²) in [4.78, 5) is 11.7. The van der Waals surface area contributed by atoms with Gasteiger partial charge in [-0.25, -0.2) is 0 Å². The first kappa shape index (κ1) is 13.8. The lowest BCUT2D eigenvalue weighted by atomic mass is 9.93. The molecule has 0 saturated heterocycles. The van der Waals surface area contributed by atoms with Crippen molar-refractivity contribution in [2.24, 2.45) is 0 Å². The van der Waals surface area contributed by atoms with Gasteiger partial charge < -0.3 is 10.4 Å². The first-order valence-corrected chi connectivity index (χ1v) is 6.98. The Balaban J connectivity index is 2.28. The highest BCUT2D eigenvalue weighted by Gasteiger charge is 2.24. The fourth-order valence-electron chi connectivity index (χ4n) is 1.81. The van der Waals surface area contributed by atoms with Crippen molar-refractivity contribution in [3.05, 3.63) is 0 Å². The van der Waals surface area contributed by atoms with Crippen LogP contribution in [0.1, 0.15) is 46.5 Å². The van der Waals surface area contributed by atoms with Gasteiger partial charge in [0, 0.05) is 4.75 Å². The smallest absolute Gasteiger partial charge is 0.230 e. The number of carbonyl (C=O) groups excluding carboxylic acids is 1. The van der Waals surface area contributed by atoms with E-state index in [1.54, 1.807) is 11.8 Å². The molecule has 2 N–H and O–H groups in total. The number of aliphatic hydroxyl groups is 1. The van der Waals surface area contributed by atoms with Crippen LogP contribution < -0.4 is 5.32 Å². The van der Waals surface area contributed by atoms with Crippen LogP contribution in [0.25, 0.3) is 0 Å². The van der Waals surface area contributed by atoms with E-state index in [9.17, 15) is 9.90 Å². The van der Waals surface area contributed by atoms with Crippen LogP contribution in [0.15, 0.2) is 0 Å². The van der Waals surface area contributed by atoms with Gasteiger partial charge in [-0.05, 0) is 12.8 Å². The fourth-order valence-corrected chi connectivity index (χ4v) is 2.46. The number of thioether (sulfide) groups is 1. The molecule has 1 rings (SSSR count). The van der Waals surface area contributed by atoms with Crippen LogP contribution in [0.4, 0.5) is 0 Å². The van der Waals surface area contributed by atoms with Crippen LogP contribution in [-0.2, 0) is 4.79 Å². The van der Waals surface area contributed by atoms with Gasteiger partial charge in [0.25, 0.3) is 0 Å². The minimum atomic E-state index is -0.350. The summed E-state index contributed by atoms with van der Waals surface area (Å²) in [5, 5.41) is 12.7. The summed E-state index contributed by atoms with van der Waals surface area (Å²) in [6.07, 6.45) is 3.56. The third kappa shape index (κ3) is 5.21. The lowest BCUT2D eigenvalue weighted by Gasteiger charge is -2.28. The van der Waals surface area contributed by atoms with Crippen LogP contribution in [0, 0.1) is 0 Å². The maximum atomic E-state index is 11.7. The molecule has 94 valence electrons. The van der Waals surface area contributed by atoms with Crippen molar-refractivity contribution in [3.63, 3.8) is 0 Å². The largest absolute Gasteiger partial charge is 0.391 e. The predicted octanol–water partition coefficient (Wildman–Crippen LogP) is 1.94. The van der Waals surface area contributed by atoms with E-state index < -0.39 is 0 Å². The van der Waals surface area contributed by atoms with Crippen LogP contribution in [0.2, 0.25) is 0 Å². The van der Waals surface area contributed by atoms with Crippen LogP contribution in [0.3, 0.4) is 0 Å². The summed E-state index contributed by atoms with van der Waals surface area (Å²) in [6, 6.07) is -0.0261. The molecule has 0 aromatic rings. The van der Waals surface area contributed by atoms with E-state index in [4.69, 9.17) is 0 Å². The van der Waals surface area contributed by atoms with E-state index >= 15 is 0 Å². The Hall–Kier alpha value is -0.220. The summed E-state index contributed by atoms with van der Waals surface area (Å²) in [5.74, 6) is 0.526. The Morgan fingerprint density at radius 1 is 1.38 bits per heavy atom. The molecule has 4 heteroatoms. The molecule has 0 spiro atoms. The van der Waals surface area contributed by atoms with E-state index in [-0.39, 0.29) is 22.8 Å². The van der Waals surface area contributed by atoms with Crippen LogP contribution >= 0.6 is 11.8 Å². The van der Waals surface area contributed by atoms with Crippen LogP contribution in [-0.4, -0.2) is 33.7 Å². The first-order valence-electron chi connectivity index (χ1n) is 6.00. The van der Waals surface area contributed by atoms with E-state index in [0.717, 1.165) is 25.7 Å². The molecule has 3 nitrogen and oxygen atoms in total. The first-order chi connectivity index (χ1) is 7.38. The second-order valence-corrected chi connectivity index (χ2v) is 7.23. The SMILES string of the molecule is CC(C)(C)SCC(=O)N[C@H]1CCCC[C@@H]1O. The van der Waals surface area contributed by atoms with E-state index in [1.165, 1.54) is 0 Å². The molecule has 0 heterocycles. The second kappa shape index (κ2) is 5.92. The molecule has 0 aromatic heterocycles. The Bertz CT molecular complexity index is 238. The van der Waals surface area contributed by atoms with Crippen molar-refractivity contribution in [3.8, 4) is 0 Å². The molecule has 2 atom stereocenters. The lowest BCUT2D eigenvalue weighted by molar-refractivity contribution is -0.120. The van der Waals surface area contributed by atoms with Gasteiger partial charge in [0.05, 0.1) is 17.9 Å². The Morgan fingerprint density at radius 3 is 2.56 bits per heavy atom. The molecule has 1 saturated carbocycles. The van der Waals surface area contributed by atoms with E-state index in [0.29, 0.717) is 5.75 Å². The zero-order chi connectivity index (χ0) is 12.2. The van der Waals surface area contributed by atoms with Gasteiger partial charge in [-0.2, -0.15) is 0 Å². The van der Waals surface area contributed by atoms with Gasteiger partial charge in [-0.3, -0.25) is 4.79 Å². The highest BCUT2D eigenvalue weighted by atomic mass is 32.2. The number of hydrogen-bond donors (Lipinski definition) is 2. The van der Waals surface area contributed by atoms with Gasteiger partial charge in [0.15, 0.2) is 0 Å². The van der Waals surface area contributed by atoms with Crippen molar-refractivity contribution in [2.45, 2.75) is 63.3 Å². The molecule has 0 unspecified atom stereocenters. The molecule has 0 aromatic carbocycles. The maximum absolute atomic E-state index is 11.7. The minimum Gasteiger partial charge on any atom is -0.391 e. The van der Waals surface area contributed by atoms with Crippen molar-refractivity contribution in [1.82, 2.24) is 5.32 Å². The van der Waals surface area contributed by atoms with E-state index in [2.05, 4.69) is 26.1 Å². The number of aliphatic hydroxyl groups excluding tert-OH is 1. The summed E-state index contributed by atoms with van der Waals surface area (Å²) in [5.41, 5.74) is 0. The van der Waals surface area contributed by atoms with Gasteiger partial charge >= 0.3 is 0 Å². The zero-order valence-corrected chi connectivity index (χ0v) is 11.3. The van der Waals surface area contributed by atoms with Gasteiger partial charge in [-0.1, -0.05) is 33.6 Å². The van der Waals surface area contributed by atoms with Gasteiger partial charge in [0.2, 0.25) is 5.91 Å². The third-order valence-electron chi connectivity index (χ3n) is 2.71. The Kier molecular flexibility index (Phi) is 5.12. The highest BCUT2D eigenvalue weighted by Crippen LogP contribution is 2.23. The summed E-state index contributed by atoms with van der Waals surface area (Å²) in [6.45, 7) is 6.29. The summed E-state index contributed by atoms with van der Waals surface area (Å²) in [7, 11) is 0. The molecule has 0 radical (unpaired) electrons. The number of hydrogen-bond acceptors (Lipinski definition) is 3. The molecular weight excluding hydrogens is 222 g/mol. The monoisotopic (exact) mass is 245 g/mol. The topological polar surface area (TPSA) is 49.3 Å². The minimum absolute atomic E-state index is 0.0261. The molecule has 1 aliphatic carbocycles. The standard InChI is InChI=1S/C12H23NO2S/c1-12(2,3)16-8-11(15)13-9-6-4-5-7-10(9)14/h9-10,14H,4-8H2,1-3H3,(H,13,15)/t9-,10-/m0/s1. The zero-order valence-electron chi connectivity index (χ0n) is 10.5. The van der Waals surface area contributed by atoms with E-state index in [1.807, 2.05) is 0 Å². The van der Waals surface area contributed by atoms with Gasteiger partial charge in [-0.15, -0.1) is 11.8 Å². The molecular formula is C12H23NO2S. The third-order valence-corrected chi connectivity index (χ3v) is 3.98. The molecule has 16 heavy (non-hydrogen) atoms. The molecule has 1 aliphatic rings. The average molecular weight is 245 g/mol.